The van der Waals surface area contributed by atoms with Crippen molar-refractivity contribution in [1.82, 2.24) is 19.7 Å². The molecule has 0 unspecified atom stereocenters. The number of nitrogens with zero attached hydrogens (tertiary/aromatic N) is 5. The van der Waals surface area contributed by atoms with E-state index in [0.717, 1.165) is 34.8 Å². The average Bonchev–Trinajstić information content (AvgIpc) is 3.10. The molecular weight excluding hydrogens is 442 g/mol. The van der Waals surface area contributed by atoms with E-state index in [1.807, 2.05) is 48.2 Å². The van der Waals surface area contributed by atoms with E-state index in [2.05, 4.69) is 30.9 Å². The Balaban J connectivity index is 1.46. The van der Waals surface area contributed by atoms with Gasteiger partial charge in [0.15, 0.2) is 0 Å². The second-order valence-corrected chi connectivity index (χ2v) is 8.00. The molecule has 1 aromatic carbocycles. The van der Waals surface area contributed by atoms with Crippen molar-refractivity contribution >= 4 is 39.3 Å². The molecule has 1 aliphatic rings. The summed E-state index contributed by atoms with van der Waals surface area (Å²) >= 11 is 9.34. The minimum atomic E-state index is 0.0181. The van der Waals surface area contributed by atoms with Gasteiger partial charge >= 0.3 is 0 Å². The topological polar surface area (TPSA) is 54.3 Å². The van der Waals surface area contributed by atoms with Crippen molar-refractivity contribution in [1.29, 1.82) is 0 Å². The first kappa shape index (κ1) is 19.0. The van der Waals surface area contributed by atoms with Crippen LogP contribution in [-0.4, -0.2) is 51.8 Å². The lowest BCUT2D eigenvalue weighted by molar-refractivity contribution is 0.0745. The van der Waals surface area contributed by atoms with Gasteiger partial charge in [0.2, 0.25) is 0 Å². The van der Waals surface area contributed by atoms with Crippen LogP contribution in [0.3, 0.4) is 0 Å². The minimum absolute atomic E-state index is 0.0181. The number of piperazine rings is 1. The molecule has 4 rings (SSSR count). The zero-order valence-corrected chi connectivity index (χ0v) is 17.7. The van der Waals surface area contributed by atoms with Crippen molar-refractivity contribution in [3.63, 3.8) is 0 Å². The number of aromatic nitrogens is 3. The maximum atomic E-state index is 13.0. The van der Waals surface area contributed by atoms with E-state index in [0.29, 0.717) is 23.7 Å². The molecule has 2 aromatic heterocycles. The zero-order chi connectivity index (χ0) is 19.7. The number of halogens is 2. The highest BCUT2D eigenvalue weighted by molar-refractivity contribution is 9.10. The molecule has 0 spiro atoms. The molecule has 1 saturated heterocycles. The number of amides is 1. The van der Waals surface area contributed by atoms with Crippen LogP contribution in [0.2, 0.25) is 5.02 Å². The molecule has 0 N–H and O–H groups in total. The third kappa shape index (κ3) is 3.77. The fraction of sp³-hybridized carbons (Fsp3) is 0.250. The number of carbonyl (C=O) groups is 1. The number of carbonyl (C=O) groups excluding carboxylic acids is 1. The minimum Gasteiger partial charge on any atom is -0.353 e. The SMILES string of the molecule is Cc1c(C(=O)N2CCN(c3ccc(Cl)cn3)CC2)cnn1-c1ccc(Br)cc1. The predicted molar refractivity (Wildman–Crippen MR) is 113 cm³/mol. The molecule has 8 heteroatoms. The van der Waals surface area contributed by atoms with Crippen LogP contribution in [0.1, 0.15) is 16.1 Å². The van der Waals surface area contributed by atoms with Crippen LogP contribution in [0.4, 0.5) is 5.82 Å². The van der Waals surface area contributed by atoms with E-state index < -0.39 is 0 Å². The molecule has 3 heterocycles. The fourth-order valence-corrected chi connectivity index (χ4v) is 3.70. The maximum absolute atomic E-state index is 13.0. The summed E-state index contributed by atoms with van der Waals surface area (Å²) in [5.74, 6) is 0.903. The molecule has 0 aliphatic carbocycles. The monoisotopic (exact) mass is 459 g/mol. The third-order valence-electron chi connectivity index (χ3n) is 4.91. The van der Waals surface area contributed by atoms with Crippen LogP contribution >= 0.6 is 27.5 Å². The Kier molecular flexibility index (Phi) is 5.37. The van der Waals surface area contributed by atoms with E-state index in [-0.39, 0.29) is 5.91 Å². The van der Waals surface area contributed by atoms with Gasteiger partial charge in [0.25, 0.3) is 5.91 Å². The van der Waals surface area contributed by atoms with Gasteiger partial charge in [-0.25, -0.2) is 9.67 Å². The molecule has 0 atom stereocenters. The van der Waals surface area contributed by atoms with E-state index in [9.17, 15) is 4.79 Å². The highest BCUT2D eigenvalue weighted by atomic mass is 79.9. The molecule has 144 valence electrons. The van der Waals surface area contributed by atoms with E-state index >= 15 is 0 Å². The van der Waals surface area contributed by atoms with Crippen LogP contribution < -0.4 is 4.90 Å². The Morgan fingerprint density at radius 3 is 2.39 bits per heavy atom. The summed E-state index contributed by atoms with van der Waals surface area (Å²) in [5.41, 5.74) is 2.41. The number of rotatable bonds is 3. The van der Waals surface area contributed by atoms with Crippen molar-refractivity contribution in [2.45, 2.75) is 6.92 Å². The second-order valence-electron chi connectivity index (χ2n) is 6.65. The van der Waals surface area contributed by atoms with Crippen molar-refractivity contribution in [2.24, 2.45) is 0 Å². The van der Waals surface area contributed by atoms with Gasteiger partial charge in [0.05, 0.1) is 28.2 Å². The zero-order valence-electron chi connectivity index (χ0n) is 15.3. The molecule has 6 nitrogen and oxygen atoms in total. The van der Waals surface area contributed by atoms with Crippen LogP contribution in [0.25, 0.3) is 5.69 Å². The van der Waals surface area contributed by atoms with Crippen molar-refractivity contribution in [3.05, 3.63) is 69.5 Å². The van der Waals surface area contributed by atoms with Gasteiger partial charge in [0, 0.05) is 36.8 Å². The first-order chi connectivity index (χ1) is 13.5. The quantitative estimate of drug-likeness (QED) is 0.594. The number of benzene rings is 1. The highest BCUT2D eigenvalue weighted by Gasteiger charge is 2.25. The molecule has 0 saturated carbocycles. The third-order valence-corrected chi connectivity index (χ3v) is 5.67. The molecule has 3 aromatic rings. The molecule has 0 radical (unpaired) electrons. The molecule has 1 aliphatic heterocycles. The molecule has 1 amide bonds. The summed E-state index contributed by atoms with van der Waals surface area (Å²) in [6, 6.07) is 11.6. The van der Waals surface area contributed by atoms with Gasteiger partial charge in [-0.3, -0.25) is 4.79 Å². The fourth-order valence-electron chi connectivity index (χ4n) is 3.33. The first-order valence-electron chi connectivity index (χ1n) is 8.99. The van der Waals surface area contributed by atoms with Gasteiger partial charge in [-0.05, 0) is 43.3 Å². The van der Waals surface area contributed by atoms with Crippen LogP contribution in [0, 0.1) is 6.92 Å². The summed E-state index contributed by atoms with van der Waals surface area (Å²) in [6.45, 7) is 4.69. The molecule has 28 heavy (non-hydrogen) atoms. The van der Waals surface area contributed by atoms with Gasteiger partial charge in [0.1, 0.15) is 5.82 Å². The highest BCUT2D eigenvalue weighted by Crippen LogP contribution is 2.20. The van der Waals surface area contributed by atoms with Gasteiger partial charge in [-0.2, -0.15) is 5.10 Å². The molecule has 1 fully saturated rings. The van der Waals surface area contributed by atoms with E-state index in [4.69, 9.17) is 11.6 Å². The smallest absolute Gasteiger partial charge is 0.257 e. The summed E-state index contributed by atoms with van der Waals surface area (Å²) in [6.07, 6.45) is 3.31. The number of anilines is 1. The summed E-state index contributed by atoms with van der Waals surface area (Å²) < 4.78 is 2.80. The number of hydrogen-bond donors (Lipinski definition) is 0. The van der Waals surface area contributed by atoms with Crippen molar-refractivity contribution in [2.75, 3.05) is 31.1 Å². The maximum Gasteiger partial charge on any atom is 0.257 e. The number of pyridine rings is 1. The van der Waals surface area contributed by atoms with Crippen molar-refractivity contribution in [3.8, 4) is 5.69 Å². The Morgan fingerprint density at radius 1 is 1.04 bits per heavy atom. The summed E-state index contributed by atoms with van der Waals surface area (Å²) in [7, 11) is 0. The average molecular weight is 461 g/mol. The lowest BCUT2D eigenvalue weighted by Crippen LogP contribution is -2.49. The largest absolute Gasteiger partial charge is 0.353 e. The Labute approximate surface area is 176 Å². The van der Waals surface area contributed by atoms with Gasteiger partial charge in [-0.1, -0.05) is 27.5 Å². The van der Waals surface area contributed by atoms with Crippen LogP contribution in [0.15, 0.2) is 53.3 Å². The first-order valence-corrected chi connectivity index (χ1v) is 10.2. The Bertz CT molecular complexity index is 979. The van der Waals surface area contributed by atoms with Crippen LogP contribution in [-0.2, 0) is 0 Å². The van der Waals surface area contributed by atoms with Crippen molar-refractivity contribution < 1.29 is 4.79 Å². The molecular formula is C20H19BrClN5O. The lowest BCUT2D eigenvalue weighted by atomic mass is 10.2. The van der Waals surface area contributed by atoms with Gasteiger partial charge < -0.3 is 9.80 Å². The Hall–Kier alpha value is -2.38. The van der Waals surface area contributed by atoms with Gasteiger partial charge in [-0.15, -0.1) is 0 Å². The normalized spacial score (nSPS) is 14.4. The summed E-state index contributed by atoms with van der Waals surface area (Å²) in [5, 5.41) is 5.04. The standard InChI is InChI=1S/C20H19BrClN5O/c1-14-18(13-24-27(14)17-5-2-15(21)3-6-17)20(28)26-10-8-25(9-11-26)19-7-4-16(22)12-23-19/h2-7,12-13H,8-11H2,1H3. The second kappa shape index (κ2) is 7.93. The molecule has 0 bridgehead atoms. The summed E-state index contributed by atoms with van der Waals surface area (Å²) in [4.78, 5) is 21.4. The lowest BCUT2D eigenvalue weighted by Gasteiger charge is -2.35. The predicted octanol–water partition coefficient (Wildman–Crippen LogP) is 3.95. The van der Waals surface area contributed by atoms with Crippen LogP contribution in [0.5, 0.6) is 0 Å². The van der Waals surface area contributed by atoms with E-state index in [1.54, 1.807) is 17.1 Å². The van der Waals surface area contributed by atoms with E-state index in [1.165, 1.54) is 0 Å². The number of hydrogen-bond acceptors (Lipinski definition) is 4. The Morgan fingerprint density at radius 2 is 1.75 bits per heavy atom.